The second-order valence-electron chi connectivity index (χ2n) is 5.08. The Kier molecular flexibility index (Phi) is 6.42. The third kappa shape index (κ3) is 5.57. The van der Waals surface area contributed by atoms with E-state index in [2.05, 4.69) is 10.8 Å². The van der Waals surface area contributed by atoms with E-state index in [1.165, 1.54) is 6.07 Å². The first-order valence-corrected chi connectivity index (χ1v) is 7.36. The molecule has 1 saturated heterocycles. The number of carbonyl (C=O) groups excluding carboxylic acids is 2. The summed E-state index contributed by atoms with van der Waals surface area (Å²) in [6.45, 7) is 0.581. The molecule has 126 valence electrons. The molecule has 23 heavy (non-hydrogen) atoms. The second kappa shape index (κ2) is 8.54. The Morgan fingerprint density at radius 1 is 1.17 bits per heavy atom. The van der Waals surface area contributed by atoms with E-state index in [4.69, 9.17) is 9.57 Å². The summed E-state index contributed by atoms with van der Waals surface area (Å²) in [6, 6.07) is 3.26. The molecule has 1 aliphatic heterocycles. The van der Waals surface area contributed by atoms with Crippen LogP contribution in [-0.2, 0) is 19.2 Å². The van der Waals surface area contributed by atoms with Crippen molar-refractivity contribution in [3.63, 3.8) is 0 Å². The zero-order valence-electron chi connectivity index (χ0n) is 12.4. The molecule has 1 unspecified atom stereocenters. The zero-order valence-corrected chi connectivity index (χ0v) is 12.4. The first-order chi connectivity index (χ1) is 11.1. The van der Waals surface area contributed by atoms with Crippen LogP contribution in [0.1, 0.15) is 32.1 Å². The molecule has 1 aliphatic rings. The van der Waals surface area contributed by atoms with Crippen molar-refractivity contribution in [1.82, 2.24) is 5.48 Å². The Morgan fingerprint density at radius 3 is 2.52 bits per heavy atom. The molecule has 2 N–H and O–H groups in total. The highest BCUT2D eigenvalue weighted by Crippen LogP contribution is 2.18. The number of carbonyl (C=O) groups is 2. The molecule has 0 spiro atoms. The minimum Gasteiger partial charge on any atom is -0.350 e. The summed E-state index contributed by atoms with van der Waals surface area (Å²) in [5, 5.41) is 2.10. The van der Waals surface area contributed by atoms with Gasteiger partial charge < -0.3 is 10.1 Å². The van der Waals surface area contributed by atoms with Crippen LogP contribution in [0, 0.1) is 11.6 Å². The first kappa shape index (κ1) is 17.3. The van der Waals surface area contributed by atoms with E-state index in [1.807, 2.05) is 0 Å². The van der Waals surface area contributed by atoms with Crippen LogP contribution in [0.5, 0.6) is 0 Å². The maximum atomic E-state index is 13.4. The van der Waals surface area contributed by atoms with Crippen molar-refractivity contribution < 1.29 is 27.9 Å². The molecule has 6 nitrogen and oxygen atoms in total. The van der Waals surface area contributed by atoms with Crippen molar-refractivity contribution in [2.75, 3.05) is 11.9 Å². The lowest BCUT2D eigenvalue weighted by Crippen LogP contribution is -2.33. The van der Waals surface area contributed by atoms with E-state index in [9.17, 15) is 18.4 Å². The highest BCUT2D eigenvalue weighted by Gasteiger charge is 2.17. The molecule has 2 rings (SSSR count). The SMILES string of the molecule is O=C(CCC(=O)Nc1c(F)cccc1F)NOC1CCCCO1. The van der Waals surface area contributed by atoms with Crippen molar-refractivity contribution in [2.45, 2.75) is 38.4 Å². The number of halogens is 2. The van der Waals surface area contributed by atoms with E-state index >= 15 is 0 Å². The zero-order chi connectivity index (χ0) is 16.7. The average molecular weight is 328 g/mol. The number of hydrogen-bond acceptors (Lipinski definition) is 4. The lowest BCUT2D eigenvalue weighted by atomic mass is 10.2. The van der Waals surface area contributed by atoms with Gasteiger partial charge in [-0.25, -0.2) is 19.1 Å². The van der Waals surface area contributed by atoms with Gasteiger partial charge in [-0.05, 0) is 25.0 Å². The predicted octanol–water partition coefficient (Wildman–Crippen LogP) is 2.26. The van der Waals surface area contributed by atoms with Crippen LogP contribution in [0.25, 0.3) is 0 Å². The fourth-order valence-corrected chi connectivity index (χ4v) is 2.03. The number of hydrogen-bond donors (Lipinski definition) is 2. The number of amides is 2. The number of rotatable bonds is 6. The van der Waals surface area contributed by atoms with Gasteiger partial charge in [0.05, 0.1) is 0 Å². The van der Waals surface area contributed by atoms with Gasteiger partial charge in [0.2, 0.25) is 11.8 Å². The van der Waals surface area contributed by atoms with Crippen LogP contribution >= 0.6 is 0 Å². The summed E-state index contributed by atoms with van der Waals surface area (Å²) in [6.07, 6.45) is 1.72. The molecule has 0 saturated carbocycles. The maximum absolute atomic E-state index is 13.4. The fraction of sp³-hybridized carbons (Fsp3) is 0.467. The summed E-state index contributed by atoms with van der Waals surface area (Å²) < 4.78 is 32.0. The predicted molar refractivity (Wildman–Crippen MR) is 77.0 cm³/mol. The molecule has 1 aromatic rings. The number of ether oxygens (including phenoxy) is 1. The maximum Gasteiger partial charge on any atom is 0.244 e. The second-order valence-corrected chi connectivity index (χ2v) is 5.08. The molecule has 1 fully saturated rings. The van der Waals surface area contributed by atoms with Crippen LogP contribution in [0.15, 0.2) is 18.2 Å². The molecule has 0 bridgehead atoms. The van der Waals surface area contributed by atoms with E-state index in [-0.39, 0.29) is 12.8 Å². The van der Waals surface area contributed by atoms with Crippen molar-refractivity contribution in [3.05, 3.63) is 29.8 Å². The van der Waals surface area contributed by atoms with Crippen molar-refractivity contribution in [3.8, 4) is 0 Å². The van der Waals surface area contributed by atoms with Gasteiger partial charge in [0.15, 0.2) is 6.29 Å². The highest BCUT2D eigenvalue weighted by molar-refractivity contribution is 5.93. The molecule has 8 heteroatoms. The third-order valence-corrected chi connectivity index (χ3v) is 3.25. The summed E-state index contributed by atoms with van der Waals surface area (Å²) >= 11 is 0. The van der Waals surface area contributed by atoms with Gasteiger partial charge in [0.25, 0.3) is 0 Å². The monoisotopic (exact) mass is 328 g/mol. The minimum absolute atomic E-state index is 0.172. The quantitative estimate of drug-likeness (QED) is 0.785. The van der Waals surface area contributed by atoms with Gasteiger partial charge in [0, 0.05) is 25.9 Å². The Hall–Kier alpha value is -2.06. The van der Waals surface area contributed by atoms with Crippen LogP contribution in [0.4, 0.5) is 14.5 Å². The lowest BCUT2D eigenvalue weighted by molar-refractivity contribution is -0.200. The molecule has 0 radical (unpaired) electrons. The molecule has 0 aromatic heterocycles. The summed E-state index contributed by atoms with van der Waals surface area (Å²) in [7, 11) is 0. The van der Waals surface area contributed by atoms with Gasteiger partial charge in [-0.2, -0.15) is 0 Å². The normalized spacial score (nSPS) is 17.6. The molecular weight excluding hydrogens is 310 g/mol. The van der Waals surface area contributed by atoms with E-state index in [1.54, 1.807) is 0 Å². The Labute approximate surface area is 132 Å². The molecule has 1 heterocycles. The number of anilines is 1. The van der Waals surface area contributed by atoms with Crippen LogP contribution in [-0.4, -0.2) is 24.7 Å². The topological polar surface area (TPSA) is 76.7 Å². The largest absolute Gasteiger partial charge is 0.350 e. The van der Waals surface area contributed by atoms with E-state index in [0.717, 1.165) is 25.0 Å². The number of hydroxylamine groups is 1. The fourth-order valence-electron chi connectivity index (χ4n) is 2.03. The van der Waals surface area contributed by atoms with Crippen LogP contribution < -0.4 is 10.8 Å². The minimum atomic E-state index is -0.874. The summed E-state index contributed by atoms with van der Waals surface area (Å²) in [5.74, 6) is -2.93. The molecule has 0 aliphatic carbocycles. The molecule has 2 amide bonds. The van der Waals surface area contributed by atoms with Gasteiger partial charge in [-0.15, -0.1) is 0 Å². The molecular formula is C15H18F2N2O4. The van der Waals surface area contributed by atoms with Crippen molar-refractivity contribution in [2.24, 2.45) is 0 Å². The molecule has 1 aromatic carbocycles. The van der Waals surface area contributed by atoms with Crippen molar-refractivity contribution >= 4 is 17.5 Å². The number of para-hydroxylation sites is 1. The summed E-state index contributed by atoms with van der Waals surface area (Å²) in [5.41, 5.74) is 1.68. The van der Waals surface area contributed by atoms with Gasteiger partial charge in [-0.1, -0.05) is 6.07 Å². The van der Waals surface area contributed by atoms with E-state index < -0.39 is 35.4 Å². The number of benzene rings is 1. The standard InChI is InChI=1S/C15H18F2N2O4/c16-10-4-3-5-11(17)15(10)18-12(20)7-8-13(21)19-23-14-6-1-2-9-22-14/h3-5,14H,1-2,6-9H2,(H,18,20)(H,19,21). The Morgan fingerprint density at radius 2 is 1.87 bits per heavy atom. The smallest absolute Gasteiger partial charge is 0.244 e. The van der Waals surface area contributed by atoms with Crippen molar-refractivity contribution in [1.29, 1.82) is 0 Å². The lowest BCUT2D eigenvalue weighted by Gasteiger charge is -2.22. The average Bonchev–Trinajstić information content (AvgIpc) is 2.55. The van der Waals surface area contributed by atoms with Crippen LogP contribution in [0.3, 0.4) is 0 Å². The first-order valence-electron chi connectivity index (χ1n) is 7.36. The number of nitrogens with one attached hydrogen (secondary N) is 2. The van der Waals surface area contributed by atoms with Gasteiger partial charge in [-0.3, -0.25) is 9.59 Å². The Balaban J connectivity index is 1.70. The summed E-state index contributed by atoms with van der Waals surface area (Å²) in [4.78, 5) is 28.3. The molecule has 1 atom stereocenters. The third-order valence-electron chi connectivity index (χ3n) is 3.25. The van der Waals surface area contributed by atoms with Gasteiger partial charge in [0.1, 0.15) is 17.3 Å². The van der Waals surface area contributed by atoms with Crippen LogP contribution in [0.2, 0.25) is 0 Å². The Bertz CT molecular complexity index is 542. The van der Waals surface area contributed by atoms with Gasteiger partial charge >= 0.3 is 0 Å². The highest BCUT2D eigenvalue weighted by atomic mass is 19.1. The van der Waals surface area contributed by atoms with E-state index in [0.29, 0.717) is 13.0 Å².